The molecule has 1 aromatic rings. The molecule has 1 amide bonds. The van der Waals surface area contributed by atoms with Crippen molar-refractivity contribution in [2.24, 2.45) is 5.16 Å². The molecule has 0 atom stereocenters. The van der Waals surface area contributed by atoms with Crippen molar-refractivity contribution in [1.82, 2.24) is 5.32 Å². The Morgan fingerprint density at radius 2 is 2.00 bits per heavy atom. The molecule has 0 radical (unpaired) electrons. The van der Waals surface area contributed by atoms with Crippen LogP contribution in [0.25, 0.3) is 0 Å². The summed E-state index contributed by atoms with van der Waals surface area (Å²) in [4.78, 5) is 16.3. The maximum Gasteiger partial charge on any atom is 0.261 e. The molecule has 17 heavy (non-hydrogen) atoms. The van der Waals surface area contributed by atoms with Crippen LogP contribution in [-0.2, 0) is 9.63 Å². The Labute approximate surface area is 102 Å². The van der Waals surface area contributed by atoms with Gasteiger partial charge in [0.15, 0.2) is 6.61 Å². The number of carbonyl (C=O) groups is 1. The number of nitrogens with zero attached hydrogens (tertiary/aromatic N) is 1. The smallest absolute Gasteiger partial charge is 0.261 e. The molecule has 92 valence electrons. The third kappa shape index (κ3) is 6.35. The third-order valence-corrected chi connectivity index (χ3v) is 1.79. The molecule has 0 saturated carbocycles. The fourth-order valence-electron chi connectivity index (χ4n) is 1.19. The normalized spacial score (nSPS) is 11.5. The van der Waals surface area contributed by atoms with Crippen molar-refractivity contribution in [1.29, 1.82) is 0 Å². The first-order valence-corrected chi connectivity index (χ1v) is 5.49. The van der Waals surface area contributed by atoms with Gasteiger partial charge in [-0.2, -0.15) is 0 Å². The van der Waals surface area contributed by atoms with E-state index < -0.39 is 0 Å². The minimum absolute atomic E-state index is 0.0688. The summed E-state index contributed by atoms with van der Waals surface area (Å²) in [6.07, 6.45) is 1.57. The van der Waals surface area contributed by atoms with Crippen LogP contribution in [-0.4, -0.2) is 24.3 Å². The maximum atomic E-state index is 11.4. The first-order chi connectivity index (χ1) is 7.97. The molecule has 0 aliphatic carbocycles. The molecule has 0 aliphatic rings. The van der Waals surface area contributed by atoms with Gasteiger partial charge in [-0.1, -0.05) is 35.5 Å². The standard InChI is InChI=1S/C13H18N2O2/c1-13(2,3)15-12(16)10-17-14-9-11-7-5-4-6-8-11/h4-9H,10H2,1-3H3,(H,15,16). The lowest BCUT2D eigenvalue weighted by atomic mass is 10.1. The van der Waals surface area contributed by atoms with Crippen molar-refractivity contribution < 1.29 is 9.63 Å². The predicted octanol–water partition coefficient (Wildman–Crippen LogP) is 1.95. The van der Waals surface area contributed by atoms with Crippen LogP contribution in [0.4, 0.5) is 0 Å². The highest BCUT2D eigenvalue weighted by Crippen LogP contribution is 1.98. The average molecular weight is 234 g/mol. The van der Waals surface area contributed by atoms with Crippen LogP contribution in [0.3, 0.4) is 0 Å². The predicted molar refractivity (Wildman–Crippen MR) is 67.9 cm³/mol. The second kappa shape index (κ2) is 6.03. The molecule has 4 nitrogen and oxygen atoms in total. The van der Waals surface area contributed by atoms with Crippen molar-refractivity contribution in [3.05, 3.63) is 35.9 Å². The van der Waals surface area contributed by atoms with E-state index in [1.165, 1.54) is 0 Å². The van der Waals surface area contributed by atoms with Crippen LogP contribution in [0.15, 0.2) is 35.5 Å². The van der Waals surface area contributed by atoms with Crippen molar-refractivity contribution >= 4 is 12.1 Å². The molecule has 0 saturated heterocycles. The second-order valence-corrected chi connectivity index (χ2v) is 4.72. The van der Waals surface area contributed by atoms with Crippen LogP contribution in [0, 0.1) is 0 Å². The number of benzene rings is 1. The summed E-state index contributed by atoms with van der Waals surface area (Å²) in [5.74, 6) is -0.178. The van der Waals surface area contributed by atoms with E-state index in [0.29, 0.717) is 0 Å². The minimum atomic E-state index is -0.246. The lowest BCUT2D eigenvalue weighted by molar-refractivity contribution is -0.127. The molecule has 0 bridgehead atoms. The van der Waals surface area contributed by atoms with Crippen molar-refractivity contribution in [3.8, 4) is 0 Å². The van der Waals surface area contributed by atoms with Crippen LogP contribution in [0.2, 0.25) is 0 Å². The molecule has 0 fully saturated rings. The lowest BCUT2D eigenvalue weighted by Crippen LogP contribution is -2.42. The largest absolute Gasteiger partial charge is 0.386 e. The number of hydrogen-bond acceptors (Lipinski definition) is 3. The fourth-order valence-corrected chi connectivity index (χ4v) is 1.19. The van der Waals surface area contributed by atoms with Gasteiger partial charge in [-0.3, -0.25) is 4.79 Å². The highest BCUT2D eigenvalue weighted by molar-refractivity contribution is 5.79. The molecule has 1 N–H and O–H groups in total. The van der Waals surface area contributed by atoms with E-state index in [9.17, 15) is 4.79 Å². The molecule has 1 aromatic carbocycles. The van der Waals surface area contributed by atoms with Crippen LogP contribution < -0.4 is 5.32 Å². The Morgan fingerprint density at radius 1 is 1.35 bits per heavy atom. The van der Waals surface area contributed by atoms with Gasteiger partial charge in [-0.05, 0) is 26.3 Å². The van der Waals surface area contributed by atoms with E-state index in [1.807, 2.05) is 51.1 Å². The van der Waals surface area contributed by atoms with Crippen molar-refractivity contribution in [3.63, 3.8) is 0 Å². The molecule has 1 rings (SSSR count). The number of oxime groups is 1. The summed E-state index contributed by atoms with van der Waals surface area (Å²) in [7, 11) is 0. The highest BCUT2D eigenvalue weighted by atomic mass is 16.6. The van der Waals surface area contributed by atoms with E-state index in [-0.39, 0.29) is 18.1 Å². The monoisotopic (exact) mass is 234 g/mol. The molecule has 0 aliphatic heterocycles. The van der Waals surface area contributed by atoms with Crippen molar-refractivity contribution in [2.45, 2.75) is 26.3 Å². The quantitative estimate of drug-likeness (QED) is 0.639. The summed E-state index contributed by atoms with van der Waals surface area (Å²) in [5, 5.41) is 6.51. The van der Waals surface area contributed by atoms with Gasteiger partial charge in [0.25, 0.3) is 5.91 Å². The Balaban J connectivity index is 2.29. The first-order valence-electron chi connectivity index (χ1n) is 5.49. The van der Waals surface area contributed by atoms with E-state index >= 15 is 0 Å². The molecule has 0 aromatic heterocycles. The summed E-state index contributed by atoms with van der Waals surface area (Å²) in [6, 6.07) is 9.56. The maximum absolute atomic E-state index is 11.4. The van der Waals surface area contributed by atoms with Crippen LogP contribution in [0.1, 0.15) is 26.3 Å². The van der Waals surface area contributed by atoms with Gasteiger partial charge in [0, 0.05) is 5.54 Å². The fraction of sp³-hybridized carbons (Fsp3) is 0.385. The van der Waals surface area contributed by atoms with Gasteiger partial charge in [0.1, 0.15) is 0 Å². The number of carbonyl (C=O) groups excluding carboxylic acids is 1. The SMILES string of the molecule is CC(C)(C)NC(=O)CON=Cc1ccccc1. The molecule has 0 unspecified atom stereocenters. The summed E-state index contributed by atoms with van der Waals surface area (Å²) >= 11 is 0. The van der Waals surface area contributed by atoms with Gasteiger partial charge in [-0.15, -0.1) is 0 Å². The van der Waals surface area contributed by atoms with Crippen LogP contribution >= 0.6 is 0 Å². The van der Waals surface area contributed by atoms with E-state index in [0.717, 1.165) is 5.56 Å². The van der Waals surface area contributed by atoms with E-state index in [4.69, 9.17) is 4.84 Å². The summed E-state index contributed by atoms with van der Waals surface area (Å²) < 4.78 is 0. The van der Waals surface area contributed by atoms with Gasteiger partial charge < -0.3 is 10.2 Å². The minimum Gasteiger partial charge on any atom is -0.386 e. The zero-order valence-corrected chi connectivity index (χ0v) is 10.4. The van der Waals surface area contributed by atoms with Gasteiger partial charge in [0.2, 0.25) is 0 Å². The van der Waals surface area contributed by atoms with Gasteiger partial charge >= 0.3 is 0 Å². The molecular weight excluding hydrogens is 216 g/mol. The lowest BCUT2D eigenvalue weighted by Gasteiger charge is -2.19. The Kier molecular flexibility index (Phi) is 4.69. The zero-order valence-electron chi connectivity index (χ0n) is 10.4. The summed E-state index contributed by atoms with van der Waals surface area (Å²) in [6.45, 7) is 5.68. The first kappa shape index (κ1) is 13.2. The molecular formula is C13H18N2O2. The second-order valence-electron chi connectivity index (χ2n) is 4.72. The Bertz CT molecular complexity index is 380. The zero-order chi connectivity index (χ0) is 12.7. The molecule has 0 heterocycles. The summed E-state index contributed by atoms with van der Waals surface area (Å²) in [5.41, 5.74) is 0.688. The average Bonchev–Trinajstić information content (AvgIpc) is 2.23. The van der Waals surface area contributed by atoms with E-state index in [2.05, 4.69) is 10.5 Å². The Morgan fingerprint density at radius 3 is 2.59 bits per heavy atom. The third-order valence-electron chi connectivity index (χ3n) is 1.79. The number of rotatable bonds is 4. The molecule has 4 heteroatoms. The van der Waals surface area contributed by atoms with Crippen LogP contribution in [0.5, 0.6) is 0 Å². The number of amides is 1. The van der Waals surface area contributed by atoms with Crippen molar-refractivity contribution in [2.75, 3.05) is 6.61 Å². The van der Waals surface area contributed by atoms with Gasteiger partial charge in [-0.25, -0.2) is 0 Å². The number of nitrogens with one attached hydrogen (secondary N) is 1. The topological polar surface area (TPSA) is 50.7 Å². The van der Waals surface area contributed by atoms with E-state index in [1.54, 1.807) is 6.21 Å². The van der Waals surface area contributed by atoms with Gasteiger partial charge in [0.05, 0.1) is 6.21 Å². The Hall–Kier alpha value is -1.84. The highest BCUT2D eigenvalue weighted by Gasteiger charge is 2.13. The number of hydrogen-bond donors (Lipinski definition) is 1. The molecule has 0 spiro atoms.